The van der Waals surface area contributed by atoms with Gasteiger partial charge in [0.05, 0.1) is 36.2 Å². The van der Waals surface area contributed by atoms with Crippen LogP contribution in [0.4, 0.5) is 37.2 Å². The summed E-state index contributed by atoms with van der Waals surface area (Å²) in [5.74, 6) is -2.03. The molecule has 0 spiro atoms. The van der Waals surface area contributed by atoms with Crippen molar-refractivity contribution in [3.8, 4) is 23.2 Å². The fraction of sp³-hybridized carbons (Fsp3) is 0.455. The van der Waals surface area contributed by atoms with Crippen molar-refractivity contribution in [1.29, 1.82) is 5.26 Å². The number of hydrogen-bond donors (Lipinski definition) is 1. The van der Waals surface area contributed by atoms with E-state index in [-0.39, 0.29) is 43.4 Å². The summed E-state index contributed by atoms with van der Waals surface area (Å²) in [5.41, 5.74) is 2.67. The number of thiophene rings is 1. The number of nitrogen functional groups attached to an aromatic ring is 1. The molecule has 50 heavy (non-hydrogen) atoms. The van der Waals surface area contributed by atoms with Crippen LogP contribution in [0.3, 0.4) is 0 Å². The molecule has 3 saturated heterocycles. The molecule has 5 heterocycles. The number of halogens is 6. The van der Waals surface area contributed by atoms with E-state index in [1.165, 1.54) is 24.9 Å². The highest BCUT2D eigenvalue weighted by molar-refractivity contribution is 7.23. The van der Waals surface area contributed by atoms with E-state index in [1.807, 2.05) is 0 Å². The second kappa shape index (κ2) is 15.2. The molecule has 0 saturated carbocycles. The Balaban J connectivity index is 0.000000287. The number of nitrogens with two attached hydrogens (primary N) is 1. The Kier molecular flexibility index (Phi) is 11.2. The van der Waals surface area contributed by atoms with Crippen molar-refractivity contribution in [3.63, 3.8) is 0 Å². The van der Waals surface area contributed by atoms with Crippen molar-refractivity contribution in [3.05, 3.63) is 41.0 Å². The molecule has 3 aliphatic rings. The Labute approximate surface area is 288 Å². The first-order valence-electron chi connectivity index (χ1n) is 15.7. The number of carbonyl (C=O) groups is 1. The van der Waals surface area contributed by atoms with Gasteiger partial charge >= 0.3 is 12.2 Å². The first-order chi connectivity index (χ1) is 23.8. The lowest BCUT2D eigenvalue weighted by Crippen LogP contribution is -2.37. The highest BCUT2D eigenvalue weighted by Gasteiger charge is 2.39. The van der Waals surface area contributed by atoms with Gasteiger partial charge in [-0.2, -0.15) is 28.4 Å². The summed E-state index contributed by atoms with van der Waals surface area (Å²) < 4.78 is 96.8. The summed E-state index contributed by atoms with van der Waals surface area (Å²) in [5, 5.41) is 9.11. The van der Waals surface area contributed by atoms with Crippen LogP contribution >= 0.6 is 11.3 Å². The molecule has 1 amide bonds. The van der Waals surface area contributed by atoms with Crippen LogP contribution in [-0.4, -0.2) is 99.0 Å². The van der Waals surface area contributed by atoms with Crippen LogP contribution in [0.1, 0.15) is 30.4 Å². The van der Waals surface area contributed by atoms with E-state index in [9.17, 15) is 32.0 Å². The third-order valence-corrected chi connectivity index (χ3v) is 9.59. The molecule has 3 fully saturated rings. The smallest absolute Gasteiger partial charge is 0.417 e. The number of carbonyl (C=O) groups excluding carboxylic acids is 1. The maximum absolute atomic E-state index is 16.2. The molecule has 7 rings (SSSR count). The van der Waals surface area contributed by atoms with E-state index >= 15 is 4.39 Å². The Morgan fingerprint density at radius 1 is 1.18 bits per heavy atom. The van der Waals surface area contributed by atoms with E-state index in [1.54, 1.807) is 25.1 Å². The van der Waals surface area contributed by atoms with Crippen LogP contribution in [0.15, 0.2) is 18.2 Å². The molecule has 2 atom stereocenters. The largest absolute Gasteiger partial charge is 0.467 e. The number of anilines is 2. The Morgan fingerprint density at radius 3 is 2.48 bits per heavy atom. The van der Waals surface area contributed by atoms with Gasteiger partial charge in [-0.3, -0.25) is 9.69 Å². The SMILES string of the molecule is CN(C)C=O.COc1nc(N2CCOCC2)c2cc(C(F)(F)F)c(-c3ccc(F)c4sc(N)c(C#N)c34)c(F)c2n1.FC1CC2CCCN2C1. The molecule has 2 N–H and O–H groups in total. The van der Waals surface area contributed by atoms with E-state index in [4.69, 9.17) is 15.2 Å². The average molecular weight is 724 g/mol. The van der Waals surface area contributed by atoms with Gasteiger partial charge in [0.1, 0.15) is 34.4 Å². The fourth-order valence-electron chi connectivity index (χ4n) is 6.32. The first kappa shape index (κ1) is 36.9. The minimum Gasteiger partial charge on any atom is -0.467 e. The molecular formula is C33H35F6N7O3S. The van der Waals surface area contributed by atoms with Gasteiger partial charge in [-0.25, -0.2) is 13.2 Å². The van der Waals surface area contributed by atoms with Crippen molar-refractivity contribution in [2.75, 3.05) is 71.2 Å². The zero-order chi connectivity index (χ0) is 36.3. The topological polar surface area (TPSA) is 121 Å². The van der Waals surface area contributed by atoms with Gasteiger partial charge in [0, 0.05) is 56.1 Å². The lowest BCUT2D eigenvalue weighted by atomic mass is 9.92. The molecule has 3 aliphatic heterocycles. The van der Waals surface area contributed by atoms with Gasteiger partial charge in [0.15, 0.2) is 5.82 Å². The second-order valence-corrected chi connectivity index (χ2v) is 13.1. The maximum atomic E-state index is 16.2. The Bertz CT molecular complexity index is 1900. The number of fused-ring (bicyclic) bond motifs is 3. The number of amides is 1. The number of benzene rings is 2. The highest BCUT2D eigenvalue weighted by Crippen LogP contribution is 2.48. The van der Waals surface area contributed by atoms with Crippen molar-refractivity contribution in [2.45, 2.75) is 37.7 Å². The standard InChI is InChI=1S/C23H16F5N5O2S.C7H12FN.C3H7NO/c1-34-22-31-18-11(21(32-22)33-4-6-35-7-5-33)8-13(23(26,27)28)16(17(18)25)10-2-3-14(24)19-15(10)12(9-29)20(30)36-19;8-6-4-7-2-1-3-9(7)5-6;1-4(2)3-5/h2-3,8H,4-7,30H2,1H3;6-7H,1-5H2;3H,1-2H3. The van der Waals surface area contributed by atoms with Gasteiger partial charge in [-0.05, 0) is 43.5 Å². The molecule has 2 aromatic heterocycles. The molecule has 4 aromatic rings. The zero-order valence-corrected chi connectivity index (χ0v) is 28.3. The lowest BCUT2D eigenvalue weighted by molar-refractivity contribution is -0.137. The number of rotatable bonds is 4. The van der Waals surface area contributed by atoms with Crippen molar-refractivity contribution >= 4 is 49.6 Å². The summed E-state index contributed by atoms with van der Waals surface area (Å²) in [7, 11) is 4.63. The summed E-state index contributed by atoms with van der Waals surface area (Å²) >= 11 is 0.701. The van der Waals surface area contributed by atoms with Gasteiger partial charge in [0.25, 0.3) is 0 Å². The number of aromatic nitrogens is 2. The Hall–Kier alpha value is -4.40. The number of alkyl halides is 4. The predicted molar refractivity (Wildman–Crippen MR) is 178 cm³/mol. The van der Waals surface area contributed by atoms with Crippen LogP contribution < -0.4 is 15.4 Å². The minimum absolute atomic E-state index is 0.0674. The molecule has 0 bridgehead atoms. The van der Waals surface area contributed by atoms with Crippen LogP contribution in [0.2, 0.25) is 0 Å². The number of ether oxygens (including phenoxy) is 2. The van der Waals surface area contributed by atoms with E-state index in [2.05, 4.69) is 14.9 Å². The van der Waals surface area contributed by atoms with E-state index in [0.717, 1.165) is 37.6 Å². The summed E-state index contributed by atoms with van der Waals surface area (Å²) in [4.78, 5) is 23.0. The molecule has 0 radical (unpaired) electrons. The number of methoxy groups -OCH3 is 1. The van der Waals surface area contributed by atoms with Gasteiger partial charge in [-0.15, -0.1) is 11.3 Å². The van der Waals surface area contributed by atoms with Crippen molar-refractivity contribution in [1.82, 2.24) is 19.8 Å². The van der Waals surface area contributed by atoms with Crippen LogP contribution in [0.25, 0.3) is 32.1 Å². The molecule has 2 aromatic carbocycles. The van der Waals surface area contributed by atoms with Gasteiger partial charge < -0.3 is 25.0 Å². The third-order valence-electron chi connectivity index (χ3n) is 8.56. The number of morpholine rings is 1. The molecular weight excluding hydrogens is 688 g/mol. The second-order valence-electron chi connectivity index (χ2n) is 12.1. The fourth-order valence-corrected chi connectivity index (χ4v) is 7.27. The van der Waals surface area contributed by atoms with Gasteiger partial charge in [0.2, 0.25) is 6.41 Å². The molecule has 2 unspecified atom stereocenters. The first-order valence-corrected chi connectivity index (χ1v) is 16.5. The molecule has 17 heteroatoms. The number of nitriles is 1. The van der Waals surface area contributed by atoms with E-state index < -0.39 is 40.6 Å². The summed E-state index contributed by atoms with van der Waals surface area (Å²) in [6.07, 6.45) is -1.45. The highest BCUT2D eigenvalue weighted by atomic mass is 32.1. The predicted octanol–water partition coefficient (Wildman–Crippen LogP) is 6.00. The van der Waals surface area contributed by atoms with Crippen LogP contribution in [-0.2, 0) is 15.7 Å². The molecule has 10 nitrogen and oxygen atoms in total. The number of hydrogen-bond acceptors (Lipinski definition) is 10. The summed E-state index contributed by atoms with van der Waals surface area (Å²) in [6, 6.07) is 4.86. The average Bonchev–Trinajstić information content (AvgIpc) is 3.78. The normalized spacial score (nSPS) is 18.9. The Morgan fingerprint density at radius 2 is 1.88 bits per heavy atom. The maximum Gasteiger partial charge on any atom is 0.417 e. The minimum atomic E-state index is -5.01. The van der Waals surface area contributed by atoms with Gasteiger partial charge in [-0.1, -0.05) is 6.07 Å². The molecule has 0 aliphatic carbocycles. The third kappa shape index (κ3) is 7.52. The van der Waals surface area contributed by atoms with Crippen LogP contribution in [0.5, 0.6) is 6.01 Å². The summed E-state index contributed by atoms with van der Waals surface area (Å²) in [6.45, 7) is 3.11. The zero-order valence-electron chi connectivity index (χ0n) is 27.5. The monoisotopic (exact) mass is 723 g/mol. The van der Waals surface area contributed by atoms with Crippen molar-refractivity contribution < 1.29 is 40.6 Å². The van der Waals surface area contributed by atoms with E-state index in [0.29, 0.717) is 50.2 Å². The van der Waals surface area contributed by atoms with Crippen molar-refractivity contribution in [2.24, 2.45) is 0 Å². The molecule has 268 valence electrons. The van der Waals surface area contributed by atoms with Crippen LogP contribution in [0, 0.1) is 23.0 Å². The lowest BCUT2D eigenvalue weighted by Gasteiger charge is -2.29. The quantitative estimate of drug-likeness (QED) is 0.200. The number of nitrogens with zero attached hydrogens (tertiary/aromatic N) is 6.